The van der Waals surface area contributed by atoms with Gasteiger partial charge in [0, 0.05) is 24.0 Å². The predicted octanol–water partition coefficient (Wildman–Crippen LogP) is 3.51. The molecule has 0 saturated heterocycles. The molecule has 0 unspecified atom stereocenters. The summed E-state index contributed by atoms with van der Waals surface area (Å²) in [4.78, 5) is 7.65. The van der Waals surface area contributed by atoms with Crippen LogP contribution in [0.5, 0.6) is 0 Å². The van der Waals surface area contributed by atoms with Gasteiger partial charge in [-0.15, -0.1) is 6.42 Å². The molecule has 0 fully saturated rings. The molecule has 0 aliphatic heterocycles. The molecule has 150 valence electrons. The van der Waals surface area contributed by atoms with Gasteiger partial charge in [-0.25, -0.2) is 31.7 Å². The zero-order valence-electron chi connectivity index (χ0n) is 14.8. The largest absolute Gasteiger partial charge is 0.276 e. The summed E-state index contributed by atoms with van der Waals surface area (Å²) in [5.74, 6) is 0.331. The highest BCUT2D eigenvalue weighted by atomic mass is 35.5. The van der Waals surface area contributed by atoms with Gasteiger partial charge in [0.05, 0.1) is 23.1 Å². The number of aromatic nitrogens is 4. The number of hydrogen-bond acceptors (Lipinski definition) is 5. The van der Waals surface area contributed by atoms with Gasteiger partial charge in [0.15, 0.2) is 10.8 Å². The number of terminal acetylenes is 1. The Balaban J connectivity index is 1.74. The van der Waals surface area contributed by atoms with Gasteiger partial charge in [-0.05, 0) is 24.3 Å². The quantitative estimate of drug-likeness (QED) is 0.383. The fraction of sp³-hybridized carbons (Fsp3) is 0. The van der Waals surface area contributed by atoms with Crippen molar-refractivity contribution in [2.75, 3.05) is 4.72 Å². The van der Waals surface area contributed by atoms with E-state index in [1.807, 2.05) is 0 Å². The average molecular weight is 446 g/mol. The number of pyridine rings is 1. The van der Waals surface area contributed by atoms with Crippen LogP contribution in [0.25, 0.3) is 16.9 Å². The molecule has 0 aliphatic rings. The third kappa shape index (κ3) is 3.56. The lowest BCUT2D eigenvalue weighted by Gasteiger charge is -2.11. The highest BCUT2D eigenvalue weighted by molar-refractivity contribution is 7.92. The summed E-state index contributed by atoms with van der Waals surface area (Å²) >= 11 is 6.01. The van der Waals surface area contributed by atoms with Gasteiger partial charge in [-0.1, -0.05) is 17.5 Å². The van der Waals surface area contributed by atoms with Crippen molar-refractivity contribution < 1.29 is 17.2 Å². The number of nitrogens with zero attached hydrogens (tertiary/aromatic N) is 4. The van der Waals surface area contributed by atoms with Crippen LogP contribution in [0, 0.1) is 24.0 Å². The fourth-order valence-electron chi connectivity index (χ4n) is 2.68. The van der Waals surface area contributed by atoms with Gasteiger partial charge < -0.3 is 0 Å². The van der Waals surface area contributed by atoms with E-state index in [1.54, 1.807) is 12.3 Å². The van der Waals surface area contributed by atoms with Gasteiger partial charge in [-0.2, -0.15) is 5.10 Å². The molecule has 4 aromatic rings. The molecule has 0 saturated carbocycles. The molecule has 4 rings (SSSR count). The first-order valence-corrected chi connectivity index (χ1v) is 10.1. The zero-order chi connectivity index (χ0) is 21.5. The van der Waals surface area contributed by atoms with E-state index in [-0.39, 0.29) is 10.8 Å². The van der Waals surface area contributed by atoms with E-state index in [4.69, 9.17) is 18.0 Å². The first-order valence-electron chi connectivity index (χ1n) is 8.23. The Labute approximate surface area is 174 Å². The maximum Gasteiger partial charge on any atom is 0.264 e. The summed E-state index contributed by atoms with van der Waals surface area (Å²) in [5.41, 5.74) is 1.65. The molecule has 3 aromatic heterocycles. The molecule has 0 amide bonds. The normalized spacial score (nSPS) is 11.4. The van der Waals surface area contributed by atoms with Crippen molar-refractivity contribution in [2.45, 2.75) is 4.90 Å². The molecular weight excluding hydrogens is 436 g/mol. The number of nitrogens with one attached hydrogen (secondary N) is 1. The van der Waals surface area contributed by atoms with Crippen molar-refractivity contribution in [1.29, 1.82) is 0 Å². The van der Waals surface area contributed by atoms with Gasteiger partial charge in [0.25, 0.3) is 10.0 Å². The Morgan fingerprint density at radius 1 is 1.17 bits per heavy atom. The molecule has 0 atom stereocenters. The molecule has 0 bridgehead atoms. The van der Waals surface area contributed by atoms with Crippen molar-refractivity contribution in [3.8, 4) is 23.6 Å². The van der Waals surface area contributed by atoms with Crippen molar-refractivity contribution in [3.05, 3.63) is 71.3 Å². The topological polar surface area (TPSA) is 89.2 Å². The monoisotopic (exact) mass is 445 g/mol. The average Bonchev–Trinajstić information content (AvgIpc) is 3.11. The number of sulfonamides is 1. The molecule has 0 aliphatic carbocycles. The second kappa shape index (κ2) is 7.37. The molecule has 11 heteroatoms. The van der Waals surface area contributed by atoms with Gasteiger partial charge >= 0.3 is 0 Å². The fourth-order valence-corrected chi connectivity index (χ4v) is 4.01. The standard InChI is InChI=1S/C19H10ClF2N5O2S/c1-2-11-10-24-27-6-5-15(25-19(11)27)12-7-16(18(20)23-9-12)26-30(28,29)17-4-3-13(21)8-14(17)22/h1,3-10,26H. The Morgan fingerprint density at radius 2 is 1.97 bits per heavy atom. The molecule has 0 radical (unpaired) electrons. The van der Waals surface area contributed by atoms with Crippen molar-refractivity contribution in [2.24, 2.45) is 0 Å². The van der Waals surface area contributed by atoms with E-state index in [2.05, 4.69) is 25.7 Å². The Kier molecular flexibility index (Phi) is 4.85. The van der Waals surface area contributed by atoms with Crippen LogP contribution < -0.4 is 4.72 Å². The van der Waals surface area contributed by atoms with Gasteiger partial charge in [0.2, 0.25) is 0 Å². The van der Waals surface area contributed by atoms with Crippen LogP contribution >= 0.6 is 11.6 Å². The van der Waals surface area contributed by atoms with Crippen LogP contribution in [0.15, 0.2) is 53.8 Å². The second-order valence-corrected chi connectivity index (χ2v) is 8.03. The molecule has 30 heavy (non-hydrogen) atoms. The number of halogens is 3. The lowest BCUT2D eigenvalue weighted by Crippen LogP contribution is -2.15. The highest BCUT2D eigenvalue weighted by Gasteiger charge is 2.21. The number of rotatable bonds is 4. The summed E-state index contributed by atoms with van der Waals surface area (Å²) in [6.07, 6.45) is 9.95. The van der Waals surface area contributed by atoms with Gasteiger partial charge in [0.1, 0.15) is 16.5 Å². The van der Waals surface area contributed by atoms with E-state index in [0.717, 1.165) is 12.1 Å². The van der Waals surface area contributed by atoms with Crippen LogP contribution in [0.3, 0.4) is 0 Å². The van der Waals surface area contributed by atoms with Crippen molar-refractivity contribution in [1.82, 2.24) is 19.6 Å². The maximum atomic E-state index is 13.9. The van der Waals surface area contributed by atoms with E-state index in [0.29, 0.717) is 28.5 Å². The number of anilines is 1. The minimum atomic E-state index is -4.40. The molecule has 7 nitrogen and oxygen atoms in total. The second-order valence-electron chi connectivity index (χ2n) is 6.03. The van der Waals surface area contributed by atoms with Crippen LogP contribution in [-0.2, 0) is 10.0 Å². The molecule has 1 aromatic carbocycles. The lowest BCUT2D eigenvalue weighted by molar-refractivity contribution is 0.551. The smallest absolute Gasteiger partial charge is 0.264 e. The predicted molar refractivity (Wildman–Crippen MR) is 106 cm³/mol. The summed E-state index contributed by atoms with van der Waals surface area (Å²) in [7, 11) is -4.40. The van der Waals surface area contributed by atoms with E-state index in [1.165, 1.54) is 23.0 Å². The number of hydrogen-bond donors (Lipinski definition) is 1. The highest BCUT2D eigenvalue weighted by Crippen LogP contribution is 2.29. The Hall–Kier alpha value is -3.55. The molecule has 1 N–H and O–H groups in total. The van der Waals surface area contributed by atoms with E-state index >= 15 is 0 Å². The molecular formula is C19H10ClF2N5O2S. The van der Waals surface area contributed by atoms with E-state index < -0.39 is 26.6 Å². The SMILES string of the molecule is C#Cc1cnn2ccc(-c3cnc(Cl)c(NS(=O)(=O)c4ccc(F)cc4F)c3)nc12. The third-order valence-corrected chi connectivity index (χ3v) is 5.79. The zero-order valence-corrected chi connectivity index (χ0v) is 16.4. The summed E-state index contributed by atoms with van der Waals surface area (Å²) in [6, 6.07) is 5.14. The summed E-state index contributed by atoms with van der Waals surface area (Å²) in [5, 5.41) is 3.91. The van der Waals surface area contributed by atoms with Crippen molar-refractivity contribution >= 4 is 33.0 Å². The van der Waals surface area contributed by atoms with Crippen molar-refractivity contribution in [3.63, 3.8) is 0 Å². The van der Waals surface area contributed by atoms with E-state index in [9.17, 15) is 17.2 Å². The van der Waals surface area contributed by atoms with Crippen LogP contribution in [-0.4, -0.2) is 28.0 Å². The summed E-state index contributed by atoms with van der Waals surface area (Å²) < 4.78 is 55.8. The maximum absolute atomic E-state index is 13.9. The lowest BCUT2D eigenvalue weighted by atomic mass is 10.2. The first kappa shape index (κ1) is 19.8. The minimum Gasteiger partial charge on any atom is -0.276 e. The van der Waals surface area contributed by atoms with Crippen LogP contribution in [0.2, 0.25) is 5.15 Å². The van der Waals surface area contributed by atoms with Crippen LogP contribution in [0.4, 0.5) is 14.5 Å². The molecule has 3 heterocycles. The number of benzene rings is 1. The third-order valence-electron chi connectivity index (χ3n) is 4.09. The van der Waals surface area contributed by atoms with Gasteiger partial charge in [-0.3, -0.25) is 4.72 Å². The number of fused-ring (bicyclic) bond motifs is 1. The summed E-state index contributed by atoms with van der Waals surface area (Å²) in [6.45, 7) is 0. The Bertz CT molecular complexity index is 1450. The molecule has 0 spiro atoms. The Morgan fingerprint density at radius 3 is 2.70 bits per heavy atom. The minimum absolute atomic E-state index is 0.106. The first-order chi connectivity index (χ1) is 14.3. The van der Waals surface area contributed by atoms with Crippen LogP contribution in [0.1, 0.15) is 5.56 Å².